The molecule has 0 aliphatic heterocycles. The quantitative estimate of drug-likeness (QED) is 0.499. The fourth-order valence-electron chi connectivity index (χ4n) is 0.616. The molecular formula is C9H16O3. The molecule has 0 radical (unpaired) electrons. The van der Waals surface area contributed by atoms with E-state index in [1.165, 1.54) is 0 Å². The van der Waals surface area contributed by atoms with Gasteiger partial charge in [-0.05, 0) is 13.3 Å². The van der Waals surface area contributed by atoms with Gasteiger partial charge in [-0.15, -0.1) is 0 Å². The lowest BCUT2D eigenvalue weighted by molar-refractivity contribution is -0.140. The first-order valence-electron chi connectivity index (χ1n) is 4.05. The van der Waals surface area contributed by atoms with Gasteiger partial charge in [0.1, 0.15) is 0 Å². The molecule has 0 amide bonds. The van der Waals surface area contributed by atoms with Gasteiger partial charge in [0, 0.05) is 18.1 Å². The molecule has 0 aliphatic carbocycles. The highest BCUT2D eigenvalue weighted by molar-refractivity contribution is 5.86. The summed E-state index contributed by atoms with van der Waals surface area (Å²) in [6.45, 7) is 7.32. The number of aliphatic hydroxyl groups excluding tert-OH is 1. The van der Waals surface area contributed by atoms with Crippen LogP contribution in [0.15, 0.2) is 12.2 Å². The number of hydrogen-bond acceptors (Lipinski definition) is 3. The number of ether oxygens (including phenoxy) is 1. The molecule has 1 unspecified atom stereocenters. The molecule has 3 heteroatoms. The first kappa shape index (κ1) is 11.2. The summed E-state index contributed by atoms with van der Waals surface area (Å²) in [5.41, 5.74) is 0.391. The van der Waals surface area contributed by atoms with Crippen molar-refractivity contribution in [3.05, 3.63) is 12.2 Å². The molecule has 0 saturated heterocycles. The van der Waals surface area contributed by atoms with Crippen molar-refractivity contribution in [2.45, 2.75) is 20.3 Å². The molecule has 0 spiro atoms. The van der Waals surface area contributed by atoms with E-state index in [2.05, 4.69) is 6.58 Å². The van der Waals surface area contributed by atoms with Gasteiger partial charge in [0.2, 0.25) is 0 Å². The third kappa shape index (κ3) is 4.13. The van der Waals surface area contributed by atoms with Gasteiger partial charge in [-0.25, -0.2) is 4.79 Å². The van der Waals surface area contributed by atoms with E-state index in [1.54, 1.807) is 6.92 Å². The van der Waals surface area contributed by atoms with Gasteiger partial charge in [0.15, 0.2) is 0 Å². The normalized spacial score (nSPS) is 12.2. The molecule has 0 rings (SSSR count). The van der Waals surface area contributed by atoms with Crippen molar-refractivity contribution >= 4 is 5.97 Å². The fourth-order valence-corrected chi connectivity index (χ4v) is 0.616. The Labute approximate surface area is 73.0 Å². The monoisotopic (exact) mass is 172 g/mol. The molecule has 0 aromatic carbocycles. The van der Waals surface area contributed by atoms with Crippen LogP contribution in [0.2, 0.25) is 0 Å². The minimum atomic E-state index is -0.387. The lowest BCUT2D eigenvalue weighted by atomic mass is 10.1. The van der Waals surface area contributed by atoms with E-state index in [1.807, 2.05) is 6.92 Å². The number of hydrogen-bond donors (Lipinski definition) is 1. The molecular weight excluding hydrogens is 156 g/mol. The summed E-state index contributed by atoms with van der Waals surface area (Å²) in [5, 5.41) is 8.76. The summed E-state index contributed by atoms with van der Waals surface area (Å²) in [5.74, 6) is -0.338. The molecule has 1 atom stereocenters. The SMILES string of the molecule is C=C(C)C(=O)OCC(CC)CO. The second kappa shape index (κ2) is 5.77. The van der Waals surface area contributed by atoms with Gasteiger partial charge >= 0.3 is 5.97 Å². The molecule has 70 valence electrons. The summed E-state index contributed by atoms with van der Waals surface area (Å²) < 4.78 is 4.85. The average molecular weight is 172 g/mol. The van der Waals surface area contributed by atoms with Gasteiger partial charge in [-0.3, -0.25) is 0 Å². The van der Waals surface area contributed by atoms with E-state index in [4.69, 9.17) is 9.84 Å². The van der Waals surface area contributed by atoms with Gasteiger partial charge in [0.25, 0.3) is 0 Å². The molecule has 0 aromatic heterocycles. The molecule has 0 bridgehead atoms. The maximum atomic E-state index is 10.9. The Bertz CT molecular complexity index is 159. The van der Waals surface area contributed by atoms with E-state index in [-0.39, 0.29) is 25.1 Å². The molecule has 1 N–H and O–H groups in total. The van der Waals surface area contributed by atoms with E-state index in [0.717, 1.165) is 6.42 Å². The third-order valence-electron chi connectivity index (χ3n) is 1.63. The topological polar surface area (TPSA) is 46.5 Å². The highest BCUT2D eigenvalue weighted by atomic mass is 16.5. The first-order valence-corrected chi connectivity index (χ1v) is 4.05. The van der Waals surface area contributed by atoms with Crippen molar-refractivity contribution in [2.24, 2.45) is 5.92 Å². The van der Waals surface area contributed by atoms with Crippen molar-refractivity contribution in [1.82, 2.24) is 0 Å². The van der Waals surface area contributed by atoms with Crippen LogP contribution < -0.4 is 0 Å². The maximum absolute atomic E-state index is 10.9. The first-order chi connectivity index (χ1) is 5.61. The number of carbonyl (C=O) groups is 1. The highest BCUT2D eigenvalue weighted by Gasteiger charge is 2.08. The lowest BCUT2D eigenvalue weighted by Gasteiger charge is -2.11. The molecule has 12 heavy (non-hydrogen) atoms. The Hall–Kier alpha value is -0.830. The zero-order valence-corrected chi connectivity index (χ0v) is 7.67. The molecule has 3 nitrogen and oxygen atoms in total. The summed E-state index contributed by atoms with van der Waals surface area (Å²) >= 11 is 0. The average Bonchev–Trinajstić information content (AvgIpc) is 2.05. The van der Waals surface area contributed by atoms with Crippen LogP contribution in [-0.2, 0) is 9.53 Å². The predicted octanol–water partition coefficient (Wildman–Crippen LogP) is 1.12. The number of esters is 1. The summed E-state index contributed by atoms with van der Waals surface area (Å²) in [6, 6.07) is 0. The largest absolute Gasteiger partial charge is 0.462 e. The highest BCUT2D eigenvalue weighted by Crippen LogP contribution is 2.03. The van der Waals surface area contributed by atoms with Crippen molar-refractivity contribution < 1.29 is 14.6 Å². The smallest absolute Gasteiger partial charge is 0.333 e. The molecule has 0 fully saturated rings. The van der Waals surface area contributed by atoms with Crippen LogP contribution in [0.1, 0.15) is 20.3 Å². The van der Waals surface area contributed by atoms with Crippen LogP contribution in [0.25, 0.3) is 0 Å². The Morgan fingerprint density at radius 2 is 2.25 bits per heavy atom. The summed E-state index contributed by atoms with van der Waals surface area (Å²) in [7, 11) is 0. The Morgan fingerprint density at radius 3 is 2.58 bits per heavy atom. The Morgan fingerprint density at radius 1 is 1.67 bits per heavy atom. The standard InChI is InChI=1S/C9H16O3/c1-4-8(5-10)6-12-9(11)7(2)3/h8,10H,2,4-6H2,1,3H3. The minimum Gasteiger partial charge on any atom is -0.462 e. The van der Waals surface area contributed by atoms with Crippen LogP contribution in [0.4, 0.5) is 0 Å². The van der Waals surface area contributed by atoms with Crippen molar-refractivity contribution in [1.29, 1.82) is 0 Å². The Balaban J connectivity index is 3.66. The van der Waals surface area contributed by atoms with Gasteiger partial charge in [-0.2, -0.15) is 0 Å². The number of carbonyl (C=O) groups excluding carboxylic acids is 1. The van der Waals surface area contributed by atoms with Crippen LogP contribution in [0, 0.1) is 5.92 Å². The molecule has 0 aromatic rings. The predicted molar refractivity (Wildman–Crippen MR) is 46.6 cm³/mol. The van der Waals surface area contributed by atoms with Crippen molar-refractivity contribution in [3.63, 3.8) is 0 Å². The van der Waals surface area contributed by atoms with Crippen LogP contribution in [-0.4, -0.2) is 24.3 Å². The molecule has 0 heterocycles. The van der Waals surface area contributed by atoms with E-state index < -0.39 is 0 Å². The minimum absolute atomic E-state index is 0.0494. The van der Waals surface area contributed by atoms with E-state index in [9.17, 15) is 4.79 Å². The van der Waals surface area contributed by atoms with E-state index in [0.29, 0.717) is 5.57 Å². The zero-order valence-electron chi connectivity index (χ0n) is 7.67. The maximum Gasteiger partial charge on any atom is 0.333 e. The number of rotatable bonds is 5. The summed E-state index contributed by atoms with van der Waals surface area (Å²) in [6.07, 6.45) is 0.806. The van der Waals surface area contributed by atoms with Gasteiger partial charge in [-0.1, -0.05) is 13.5 Å². The van der Waals surface area contributed by atoms with Crippen molar-refractivity contribution in [2.75, 3.05) is 13.2 Å². The Kier molecular flexibility index (Phi) is 5.37. The number of aliphatic hydroxyl groups is 1. The van der Waals surface area contributed by atoms with Crippen LogP contribution in [0.3, 0.4) is 0 Å². The molecule has 0 saturated carbocycles. The lowest BCUT2D eigenvalue weighted by Crippen LogP contribution is -2.16. The van der Waals surface area contributed by atoms with Crippen LogP contribution >= 0.6 is 0 Å². The zero-order chi connectivity index (χ0) is 9.56. The van der Waals surface area contributed by atoms with E-state index >= 15 is 0 Å². The molecule has 0 aliphatic rings. The second-order valence-electron chi connectivity index (χ2n) is 2.84. The summed E-state index contributed by atoms with van der Waals surface area (Å²) in [4.78, 5) is 10.9. The van der Waals surface area contributed by atoms with Crippen LogP contribution in [0.5, 0.6) is 0 Å². The van der Waals surface area contributed by atoms with Gasteiger partial charge < -0.3 is 9.84 Å². The van der Waals surface area contributed by atoms with Gasteiger partial charge in [0.05, 0.1) is 6.61 Å². The fraction of sp³-hybridized carbons (Fsp3) is 0.667. The third-order valence-corrected chi connectivity index (χ3v) is 1.63. The second-order valence-corrected chi connectivity index (χ2v) is 2.84. The van der Waals surface area contributed by atoms with Crippen molar-refractivity contribution in [3.8, 4) is 0 Å².